The quantitative estimate of drug-likeness (QED) is 0.830. The van der Waals surface area contributed by atoms with Crippen LogP contribution in [0.1, 0.15) is 18.4 Å². The van der Waals surface area contributed by atoms with Crippen LogP contribution in [0.4, 0.5) is 10.1 Å². The smallest absolute Gasteiger partial charge is 0.125 e. The Labute approximate surface area is 108 Å². The fourth-order valence-corrected chi connectivity index (χ4v) is 2.73. The van der Waals surface area contributed by atoms with E-state index < -0.39 is 0 Å². The van der Waals surface area contributed by atoms with Gasteiger partial charge in [0.15, 0.2) is 0 Å². The van der Waals surface area contributed by atoms with Crippen LogP contribution < -0.4 is 5.73 Å². The predicted octanol–water partition coefficient (Wildman–Crippen LogP) is 1.93. The van der Waals surface area contributed by atoms with Crippen molar-refractivity contribution in [2.24, 2.45) is 0 Å². The van der Waals surface area contributed by atoms with Crippen molar-refractivity contribution in [1.82, 2.24) is 9.80 Å². The SMILES string of the molecule is CN(C)CC1CCCN1Cc1cc(N)cc(F)c1. The Morgan fingerprint density at radius 3 is 2.83 bits per heavy atom. The first kappa shape index (κ1) is 13.3. The molecule has 1 fully saturated rings. The molecule has 0 aliphatic carbocycles. The number of benzene rings is 1. The van der Waals surface area contributed by atoms with E-state index in [1.165, 1.54) is 18.9 Å². The molecule has 0 aromatic heterocycles. The van der Waals surface area contributed by atoms with Crippen LogP contribution in [0.15, 0.2) is 18.2 Å². The Morgan fingerprint density at radius 1 is 1.39 bits per heavy atom. The summed E-state index contributed by atoms with van der Waals surface area (Å²) in [6, 6.07) is 5.39. The molecule has 1 aliphatic heterocycles. The van der Waals surface area contributed by atoms with Crippen LogP contribution in [-0.4, -0.2) is 43.0 Å². The minimum atomic E-state index is -0.242. The van der Waals surface area contributed by atoms with E-state index >= 15 is 0 Å². The number of nitrogen functional groups attached to an aromatic ring is 1. The van der Waals surface area contributed by atoms with Gasteiger partial charge in [0, 0.05) is 24.8 Å². The van der Waals surface area contributed by atoms with Crippen molar-refractivity contribution < 1.29 is 4.39 Å². The minimum Gasteiger partial charge on any atom is -0.399 e. The van der Waals surface area contributed by atoms with Gasteiger partial charge < -0.3 is 10.6 Å². The van der Waals surface area contributed by atoms with Crippen LogP contribution in [0.3, 0.4) is 0 Å². The molecule has 0 radical (unpaired) electrons. The molecule has 0 bridgehead atoms. The van der Waals surface area contributed by atoms with Gasteiger partial charge in [-0.25, -0.2) is 4.39 Å². The lowest BCUT2D eigenvalue weighted by Crippen LogP contribution is -2.37. The zero-order valence-electron chi connectivity index (χ0n) is 11.2. The molecule has 1 saturated heterocycles. The standard InChI is InChI=1S/C14H22FN3/c1-17(2)10-14-4-3-5-18(14)9-11-6-12(15)8-13(16)7-11/h6-8,14H,3-5,9-10,16H2,1-2H3. The van der Waals surface area contributed by atoms with Crippen molar-refractivity contribution >= 4 is 5.69 Å². The fourth-order valence-electron chi connectivity index (χ4n) is 2.73. The molecule has 1 atom stereocenters. The Morgan fingerprint density at radius 2 is 2.17 bits per heavy atom. The minimum absolute atomic E-state index is 0.242. The van der Waals surface area contributed by atoms with Crippen LogP contribution in [0, 0.1) is 5.82 Å². The van der Waals surface area contributed by atoms with Crippen molar-refractivity contribution in [2.75, 3.05) is 32.9 Å². The van der Waals surface area contributed by atoms with Gasteiger partial charge in [0.25, 0.3) is 0 Å². The molecule has 0 spiro atoms. The molecule has 0 amide bonds. The van der Waals surface area contributed by atoms with Crippen molar-refractivity contribution in [3.63, 3.8) is 0 Å². The van der Waals surface area contributed by atoms with Gasteiger partial charge in [0.1, 0.15) is 5.82 Å². The second-order valence-corrected chi connectivity index (χ2v) is 5.42. The van der Waals surface area contributed by atoms with Gasteiger partial charge in [-0.2, -0.15) is 0 Å². The summed E-state index contributed by atoms with van der Waals surface area (Å²) in [4.78, 5) is 4.64. The molecule has 18 heavy (non-hydrogen) atoms. The van der Waals surface area contributed by atoms with Crippen LogP contribution in [0.2, 0.25) is 0 Å². The van der Waals surface area contributed by atoms with Gasteiger partial charge >= 0.3 is 0 Å². The lowest BCUT2D eigenvalue weighted by molar-refractivity contribution is 0.201. The molecule has 1 aliphatic rings. The van der Waals surface area contributed by atoms with Gasteiger partial charge in [-0.1, -0.05) is 0 Å². The topological polar surface area (TPSA) is 32.5 Å². The van der Waals surface area contributed by atoms with E-state index in [9.17, 15) is 4.39 Å². The largest absolute Gasteiger partial charge is 0.399 e. The molecule has 1 aromatic rings. The maximum atomic E-state index is 13.3. The normalized spacial score (nSPS) is 20.8. The lowest BCUT2D eigenvalue weighted by Gasteiger charge is -2.27. The predicted molar refractivity (Wildman–Crippen MR) is 72.8 cm³/mol. The summed E-state index contributed by atoms with van der Waals surface area (Å²) < 4.78 is 13.3. The van der Waals surface area contributed by atoms with Gasteiger partial charge in [-0.05, 0) is 57.2 Å². The fraction of sp³-hybridized carbons (Fsp3) is 0.571. The molecule has 3 nitrogen and oxygen atoms in total. The van der Waals surface area contributed by atoms with Crippen LogP contribution in [-0.2, 0) is 6.54 Å². The molecular formula is C14H22FN3. The van der Waals surface area contributed by atoms with Crippen LogP contribution >= 0.6 is 0 Å². The summed E-state index contributed by atoms with van der Waals surface area (Å²) in [5.74, 6) is -0.242. The van der Waals surface area contributed by atoms with E-state index in [1.807, 2.05) is 6.07 Å². The number of likely N-dealkylation sites (tertiary alicyclic amines) is 1. The van der Waals surface area contributed by atoms with Gasteiger partial charge in [-0.3, -0.25) is 4.90 Å². The van der Waals surface area contributed by atoms with Gasteiger partial charge in [0.05, 0.1) is 0 Å². The molecule has 2 N–H and O–H groups in total. The van der Waals surface area contributed by atoms with Gasteiger partial charge in [-0.15, -0.1) is 0 Å². The highest BCUT2D eigenvalue weighted by Gasteiger charge is 2.24. The van der Waals surface area contributed by atoms with Crippen molar-refractivity contribution in [2.45, 2.75) is 25.4 Å². The number of rotatable bonds is 4. The molecule has 1 aromatic carbocycles. The summed E-state index contributed by atoms with van der Waals surface area (Å²) in [7, 11) is 4.19. The van der Waals surface area contributed by atoms with E-state index in [-0.39, 0.29) is 5.82 Å². The molecular weight excluding hydrogens is 229 g/mol. The summed E-state index contributed by atoms with van der Waals surface area (Å²) >= 11 is 0. The highest BCUT2D eigenvalue weighted by molar-refractivity contribution is 5.41. The molecule has 100 valence electrons. The van der Waals surface area contributed by atoms with E-state index in [0.29, 0.717) is 11.7 Å². The van der Waals surface area contributed by atoms with Crippen molar-refractivity contribution in [3.05, 3.63) is 29.6 Å². The number of anilines is 1. The zero-order valence-corrected chi connectivity index (χ0v) is 11.2. The summed E-state index contributed by atoms with van der Waals surface area (Å²) in [6.07, 6.45) is 2.45. The van der Waals surface area contributed by atoms with E-state index in [4.69, 9.17) is 5.73 Å². The number of nitrogens with zero attached hydrogens (tertiary/aromatic N) is 2. The first-order valence-electron chi connectivity index (χ1n) is 6.48. The molecule has 0 saturated carbocycles. The Bertz CT molecular complexity index is 386. The average molecular weight is 251 g/mol. The second kappa shape index (κ2) is 5.67. The van der Waals surface area contributed by atoms with E-state index in [0.717, 1.165) is 25.2 Å². The Balaban J connectivity index is 2.03. The summed E-state index contributed by atoms with van der Waals surface area (Å²) in [6.45, 7) is 2.94. The third kappa shape index (κ3) is 3.43. The molecule has 1 heterocycles. The summed E-state index contributed by atoms with van der Waals surface area (Å²) in [5.41, 5.74) is 7.16. The first-order chi connectivity index (χ1) is 8.54. The third-order valence-electron chi connectivity index (χ3n) is 3.44. The van der Waals surface area contributed by atoms with Crippen LogP contribution in [0.5, 0.6) is 0 Å². The number of hydrogen-bond acceptors (Lipinski definition) is 3. The molecule has 2 rings (SSSR count). The number of hydrogen-bond donors (Lipinski definition) is 1. The first-order valence-corrected chi connectivity index (χ1v) is 6.48. The van der Waals surface area contributed by atoms with Gasteiger partial charge in [0.2, 0.25) is 0 Å². The second-order valence-electron chi connectivity index (χ2n) is 5.42. The molecule has 4 heteroatoms. The Kier molecular flexibility index (Phi) is 4.19. The Hall–Kier alpha value is -1.13. The van der Waals surface area contributed by atoms with Crippen molar-refractivity contribution in [1.29, 1.82) is 0 Å². The zero-order chi connectivity index (χ0) is 13.1. The number of nitrogens with two attached hydrogens (primary N) is 1. The maximum absolute atomic E-state index is 13.3. The highest BCUT2D eigenvalue weighted by atomic mass is 19.1. The van der Waals surface area contributed by atoms with Crippen molar-refractivity contribution in [3.8, 4) is 0 Å². The van der Waals surface area contributed by atoms with E-state index in [2.05, 4.69) is 23.9 Å². The average Bonchev–Trinajstić information content (AvgIpc) is 2.63. The highest BCUT2D eigenvalue weighted by Crippen LogP contribution is 2.21. The maximum Gasteiger partial charge on any atom is 0.125 e. The lowest BCUT2D eigenvalue weighted by atomic mass is 10.1. The number of halogens is 1. The molecule has 1 unspecified atom stereocenters. The summed E-state index contributed by atoms with van der Waals surface area (Å²) in [5, 5.41) is 0. The number of likely N-dealkylation sites (N-methyl/N-ethyl adjacent to an activating group) is 1. The third-order valence-corrected chi connectivity index (χ3v) is 3.44. The van der Waals surface area contributed by atoms with Crippen LogP contribution in [0.25, 0.3) is 0 Å². The van der Waals surface area contributed by atoms with E-state index in [1.54, 1.807) is 6.07 Å². The monoisotopic (exact) mass is 251 g/mol.